The molecule has 0 spiro atoms. The second-order valence-electron chi connectivity index (χ2n) is 8.56. The number of amides is 2. The number of carbonyl (C=O) groups excluding carboxylic acids is 1. The molecule has 1 saturated heterocycles. The van der Waals surface area contributed by atoms with Crippen molar-refractivity contribution in [3.63, 3.8) is 0 Å². The summed E-state index contributed by atoms with van der Waals surface area (Å²) in [5, 5.41) is 16.4. The van der Waals surface area contributed by atoms with Crippen LogP contribution in [0.2, 0.25) is 0 Å². The third-order valence-electron chi connectivity index (χ3n) is 6.25. The zero-order valence-corrected chi connectivity index (χ0v) is 21.3. The molecular weight excluding hydrogens is 478 g/mol. The van der Waals surface area contributed by atoms with Crippen molar-refractivity contribution in [3.8, 4) is 23.1 Å². The van der Waals surface area contributed by atoms with Crippen LogP contribution < -0.4 is 15.4 Å². The molecule has 3 aromatic rings. The number of hydrogen-bond acceptors (Lipinski definition) is 5. The Morgan fingerprint density at radius 1 is 1.19 bits per heavy atom. The Hall–Kier alpha value is -3.25. The maximum absolute atomic E-state index is 11.9. The molecule has 1 aliphatic heterocycles. The number of ether oxygens (including phenoxy) is 2. The fourth-order valence-electron chi connectivity index (χ4n) is 4.51. The Morgan fingerprint density at radius 2 is 1.97 bits per heavy atom. The quantitative estimate of drug-likeness (QED) is 0.306. The molecule has 0 radical (unpaired) electrons. The monoisotopic (exact) mass is 509 g/mol. The van der Waals surface area contributed by atoms with Crippen LogP contribution in [0.25, 0.3) is 22.2 Å². The second kappa shape index (κ2) is 12.6. The Kier molecular flexibility index (Phi) is 9.06. The summed E-state index contributed by atoms with van der Waals surface area (Å²) >= 11 is 5.61. The van der Waals surface area contributed by atoms with E-state index in [4.69, 9.17) is 21.1 Å². The van der Waals surface area contributed by atoms with Gasteiger partial charge in [-0.3, -0.25) is 4.90 Å². The minimum absolute atomic E-state index is 0.304. The number of halogens is 1. The van der Waals surface area contributed by atoms with E-state index in [0.717, 1.165) is 67.2 Å². The summed E-state index contributed by atoms with van der Waals surface area (Å²) in [6.45, 7) is 8.37. The number of anilines is 1. The van der Waals surface area contributed by atoms with Crippen molar-refractivity contribution in [2.75, 3.05) is 57.2 Å². The molecule has 4 rings (SSSR count). The van der Waals surface area contributed by atoms with Crippen molar-refractivity contribution in [2.45, 2.75) is 19.9 Å². The van der Waals surface area contributed by atoms with Gasteiger partial charge in [-0.2, -0.15) is 5.26 Å². The zero-order chi connectivity index (χ0) is 25.3. The van der Waals surface area contributed by atoms with Crippen LogP contribution in [0.5, 0.6) is 5.75 Å². The summed E-state index contributed by atoms with van der Waals surface area (Å²) in [5.41, 5.74) is 4.03. The molecule has 1 aromatic heterocycles. The number of carbonyl (C=O) groups is 1. The highest BCUT2D eigenvalue weighted by Gasteiger charge is 2.19. The van der Waals surface area contributed by atoms with Crippen molar-refractivity contribution in [2.24, 2.45) is 0 Å². The first kappa shape index (κ1) is 25.8. The van der Waals surface area contributed by atoms with Crippen LogP contribution in [0.1, 0.15) is 18.9 Å². The standard InChI is InChI=1S/C27H32ClN5O3/c1-2-33-25-18-22(36-15-3-12-32-13-16-35-17-14-32)8-9-23(25)24(19-29)26(33)20-4-6-21(7-5-20)31-27(34)30-11-10-28/h4-9,18H,2-3,10-17H2,1H3,(H2,30,31,34). The molecule has 2 amide bonds. The van der Waals surface area contributed by atoms with E-state index in [9.17, 15) is 10.1 Å². The van der Waals surface area contributed by atoms with Crippen molar-refractivity contribution in [3.05, 3.63) is 48.0 Å². The fourth-order valence-corrected chi connectivity index (χ4v) is 4.61. The molecule has 2 N–H and O–H groups in total. The number of aryl methyl sites for hydroxylation is 1. The van der Waals surface area contributed by atoms with Crippen LogP contribution in [0.3, 0.4) is 0 Å². The van der Waals surface area contributed by atoms with Gasteiger partial charge in [-0.1, -0.05) is 12.1 Å². The lowest BCUT2D eigenvalue weighted by molar-refractivity contribution is 0.0358. The minimum atomic E-state index is -0.304. The highest BCUT2D eigenvalue weighted by atomic mass is 35.5. The van der Waals surface area contributed by atoms with Gasteiger partial charge in [-0.15, -0.1) is 11.6 Å². The number of nitrogens with zero attached hydrogens (tertiary/aromatic N) is 3. The predicted molar refractivity (Wildman–Crippen MR) is 143 cm³/mol. The van der Waals surface area contributed by atoms with Crippen molar-refractivity contribution < 1.29 is 14.3 Å². The van der Waals surface area contributed by atoms with Gasteiger partial charge in [-0.05, 0) is 43.2 Å². The molecule has 0 bridgehead atoms. The Bertz CT molecular complexity index is 1210. The number of aromatic nitrogens is 1. The van der Waals surface area contributed by atoms with E-state index in [1.54, 1.807) is 0 Å². The van der Waals surface area contributed by atoms with Gasteiger partial charge in [0, 0.05) is 55.7 Å². The Labute approximate surface area is 216 Å². The lowest BCUT2D eigenvalue weighted by Gasteiger charge is -2.26. The molecule has 8 nitrogen and oxygen atoms in total. The summed E-state index contributed by atoms with van der Waals surface area (Å²) in [6, 6.07) is 15.5. The number of benzene rings is 2. The number of nitriles is 1. The third-order valence-corrected chi connectivity index (χ3v) is 6.44. The van der Waals surface area contributed by atoms with Crippen LogP contribution >= 0.6 is 11.6 Å². The molecule has 36 heavy (non-hydrogen) atoms. The largest absolute Gasteiger partial charge is 0.493 e. The maximum Gasteiger partial charge on any atom is 0.319 e. The summed E-state index contributed by atoms with van der Waals surface area (Å²) in [7, 11) is 0. The lowest BCUT2D eigenvalue weighted by atomic mass is 10.1. The van der Waals surface area contributed by atoms with Crippen LogP contribution in [0.4, 0.5) is 10.5 Å². The van der Waals surface area contributed by atoms with Crippen molar-refractivity contribution >= 4 is 34.2 Å². The van der Waals surface area contributed by atoms with E-state index in [-0.39, 0.29) is 6.03 Å². The number of fused-ring (bicyclic) bond motifs is 1. The molecule has 2 aromatic carbocycles. The average molecular weight is 510 g/mol. The first-order valence-corrected chi connectivity index (χ1v) is 12.9. The first-order chi connectivity index (χ1) is 17.6. The van der Waals surface area contributed by atoms with Crippen LogP contribution in [-0.4, -0.2) is 67.4 Å². The van der Waals surface area contributed by atoms with Gasteiger partial charge in [-0.25, -0.2) is 4.79 Å². The molecule has 0 atom stereocenters. The normalized spacial score (nSPS) is 13.9. The van der Waals surface area contributed by atoms with E-state index < -0.39 is 0 Å². The molecule has 2 heterocycles. The SMILES string of the molecule is CCn1c(-c2ccc(NC(=O)NCCCl)cc2)c(C#N)c2ccc(OCCCN3CCOCC3)cc21. The van der Waals surface area contributed by atoms with E-state index in [2.05, 4.69) is 33.1 Å². The number of alkyl halides is 1. The van der Waals surface area contributed by atoms with Gasteiger partial charge in [0.25, 0.3) is 0 Å². The minimum Gasteiger partial charge on any atom is -0.493 e. The van der Waals surface area contributed by atoms with Crippen molar-refractivity contribution in [1.29, 1.82) is 5.26 Å². The molecular formula is C27H32ClN5O3. The molecule has 0 saturated carbocycles. The van der Waals surface area contributed by atoms with Gasteiger partial charge in [0.15, 0.2) is 0 Å². The third kappa shape index (κ3) is 6.11. The van der Waals surface area contributed by atoms with E-state index in [1.165, 1.54) is 0 Å². The van der Waals surface area contributed by atoms with Gasteiger partial charge in [0.1, 0.15) is 11.8 Å². The van der Waals surface area contributed by atoms with Gasteiger partial charge in [0.2, 0.25) is 0 Å². The topological polar surface area (TPSA) is 91.5 Å². The highest BCUT2D eigenvalue weighted by molar-refractivity contribution is 6.18. The second-order valence-corrected chi connectivity index (χ2v) is 8.94. The molecule has 9 heteroatoms. The summed E-state index contributed by atoms with van der Waals surface area (Å²) < 4.78 is 13.6. The summed E-state index contributed by atoms with van der Waals surface area (Å²) in [5.74, 6) is 1.15. The zero-order valence-electron chi connectivity index (χ0n) is 20.6. The van der Waals surface area contributed by atoms with Crippen LogP contribution in [0, 0.1) is 11.3 Å². The molecule has 0 unspecified atom stereocenters. The van der Waals surface area contributed by atoms with Crippen LogP contribution in [0.15, 0.2) is 42.5 Å². The van der Waals surface area contributed by atoms with Crippen molar-refractivity contribution in [1.82, 2.24) is 14.8 Å². The lowest BCUT2D eigenvalue weighted by Crippen LogP contribution is -2.37. The number of urea groups is 1. The first-order valence-electron chi connectivity index (χ1n) is 12.3. The van der Waals surface area contributed by atoms with E-state index >= 15 is 0 Å². The summed E-state index contributed by atoms with van der Waals surface area (Å²) in [4.78, 5) is 14.3. The molecule has 190 valence electrons. The molecule has 1 aliphatic rings. The number of nitrogens with one attached hydrogen (secondary N) is 2. The molecule has 1 fully saturated rings. The number of hydrogen-bond donors (Lipinski definition) is 2. The predicted octanol–water partition coefficient (Wildman–Crippen LogP) is 4.66. The smallest absolute Gasteiger partial charge is 0.319 e. The van der Waals surface area contributed by atoms with E-state index in [1.807, 2.05) is 42.5 Å². The van der Waals surface area contributed by atoms with Crippen LogP contribution in [-0.2, 0) is 11.3 Å². The Balaban J connectivity index is 1.51. The van der Waals surface area contributed by atoms with Gasteiger partial charge in [0.05, 0.1) is 36.6 Å². The Morgan fingerprint density at radius 3 is 2.67 bits per heavy atom. The molecule has 0 aliphatic carbocycles. The summed E-state index contributed by atoms with van der Waals surface area (Å²) in [6.07, 6.45) is 0.950. The number of morpholine rings is 1. The van der Waals surface area contributed by atoms with Gasteiger partial charge >= 0.3 is 6.03 Å². The van der Waals surface area contributed by atoms with Gasteiger partial charge < -0.3 is 24.7 Å². The fraction of sp³-hybridized carbons (Fsp3) is 0.407. The highest BCUT2D eigenvalue weighted by Crippen LogP contribution is 2.35. The average Bonchev–Trinajstić information content (AvgIpc) is 3.23. The maximum atomic E-state index is 11.9. The van der Waals surface area contributed by atoms with E-state index in [0.29, 0.717) is 36.8 Å². The number of rotatable bonds is 10.